The van der Waals surface area contributed by atoms with Crippen LogP contribution >= 0.6 is 0 Å². The molecule has 0 fully saturated rings. The van der Waals surface area contributed by atoms with E-state index in [4.69, 9.17) is 4.74 Å². The Morgan fingerprint density at radius 1 is 1.10 bits per heavy atom. The molecule has 2 aromatic carbocycles. The Kier molecular flexibility index (Phi) is 4.08. The Morgan fingerprint density at radius 3 is 2.30 bits per heavy atom. The van der Waals surface area contributed by atoms with Crippen LogP contribution in [0.2, 0.25) is 0 Å². The van der Waals surface area contributed by atoms with Crippen LogP contribution in [0.4, 0.5) is 0 Å². The Hall–Kier alpha value is -2.29. The molecule has 0 bridgehead atoms. The summed E-state index contributed by atoms with van der Waals surface area (Å²) in [5.74, 6) is 0.517. The molecule has 0 aliphatic rings. The number of carboxylic acid groups (broad SMARTS) is 1. The number of carbonyl (C=O) groups is 1. The van der Waals surface area contributed by atoms with Crippen LogP contribution in [-0.2, 0) is 0 Å². The minimum absolute atomic E-state index is 0.179. The number of carboxylic acids is 1. The van der Waals surface area contributed by atoms with Crippen LogP contribution in [0.1, 0.15) is 41.3 Å². The van der Waals surface area contributed by atoms with Gasteiger partial charge in [-0.05, 0) is 42.2 Å². The van der Waals surface area contributed by atoms with E-state index in [-0.39, 0.29) is 5.56 Å². The van der Waals surface area contributed by atoms with Gasteiger partial charge in [0.2, 0.25) is 0 Å². The van der Waals surface area contributed by atoms with Gasteiger partial charge in [-0.2, -0.15) is 0 Å². The number of aromatic carboxylic acids is 1. The van der Waals surface area contributed by atoms with Gasteiger partial charge in [0.15, 0.2) is 0 Å². The average molecular weight is 270 g/mol. The highest BCUT2D eigenvalue weighted by Crippen LogP contribution is 2.30. The summed E-state index contributed by atoms with van der Waals surface area (Å²) in [7, 11) is 0. The Balaban J connectivity index is 2.32. The fourth-order valence-electron chi connectivity index (χ4n) is 1.99. The lowest BCUT2D eigenvalue weighted by molar-refractivity contribution is 0.0694. The van der Waals surface area contributed by atoms with Crippen molar-refractivity contribution in [2.24, 2.45) is 0 Å². The summed E-state index contributed by atoms with van der Waals surface area (Å²) in [6.07, 6.45) is 0. The van der Waals surface area contributed by atoms with Crippen LogP contribution in [0.15, 0.2) is 42.5 Å². The van der Waals surface area contributed by atoms with Gasteiger partial charge < -0.3 is 9.84 Å². The van der Waals surface area contributed by atoms with Crippen molar-refractivity contribution in [2.45, 2.75) is 26.7 Å². The van der Waals surface area contributed by atoms with Gasteiger partial charge in [0.05, 0.1) is 0 Å². The molecular formula is C17H18O3. The average Bonchev–Trinajstić information content (AvgIpc) is 2.41. The highest BCUT2D eigenvalue weighted by molar-refractivity contribution is 5.91. The molecule has 3 nitrogen and oxygen atoms in total. The van der Waals surface area contributed by atoms with Gasteiger partial charge >= 0.3 is 5.97 Å². The second-order valence-electron chi connectivity index (χ2n) is 5.08. The fraction of sp³-hybridized carbons (Fsp3) is 0.235. The smallest absolute Gasteiger partial charge is 0.339 e. The Bertz CT molecular complexity index is 613. The van der Waals surface area contributed by atoms with Gasteiger partial charge in [-0.3, -0.25) is 0 Å². The second-order valence-corrected chi connectivity index (χ2v) is 5.08. The predicted molar refractivity (Wildman–Crippen MR) is 78.7 cm³/mol. The molecule has 0 unspecified atom stereocenters. The van der Waals surface area contributed by atoms with Crippen molar-refractivity contribution in [2.75, 3.05) is 0 Å². The second kappa shape index (κ2) is 5.78. The summed E-state index contributed by atoms with van der Waals surface area (Å²) in [4.78, 5) is 11.2. The Labute approximate surface area is 118 Å². The first-order valence-corrected chi connectivity index (χ1v) is 6.59. The molecule has 0 amide bonds. The number of ether oxygens (including phenoxy) is 1. The standard InChI is InChI=1S/C17H18O3/c1-11(2)13-7-9-14(10-8-13)20-16-12(3)5-4-6-15(16)17(18)19/h4-11H,1-3H3,(H,18,19). The minimum Gasteiger partial charge on any atom is -0.478 e. The van der Waals surface area contributed by atoms with Gasteiger partial charge in [0.1, 0.15) is 17.1 Å². The predicted octanol–water partition coefficient (Wildman–Crippen LogP) is 4.61. The summed E-state index contributed by atoms with van der Waals surface area (Å²) in [6.45, 7) is 6.09. The van der Waals surface area contributed by atoms with Gasteiger partial charge in [0.25, 0.3) is 0 Å². The summed E-state index contributed by atoms with van der Waals surface area (Å²) >= 11 is 0. The topological polar surface area (TPSA) is 46.5 Å². The molecule has 20 heavy (non-hydrogen) atoms. The molecule has 0 saturated heterocycles. The third kappa shape index (κ3) is 2.99. The maximum atomic E-state index is 11.2. The van der Waals surface area contributed by atoms with Crippen molar-refractivity contribution in [3.8, 4) is 11.5 Å². The molecule has 2 rings (SSSR count). The molecule has 3 heteroatoms. The number of hydrogen-bond donors (Lipinski definition) is 1. The van der Waals surface area contributed by atoms with Gasteiger partial charge in [-0.25, -0.2) is 4.79 Å². The third-order valence-electron chi connectivity index (χ3n) is 3.21. The van der Waals surface area contributed by atoms with E-state index < -0.39 is 5.97 Å². The van der Waals surface area contributed by atoms with Gasteiger partial charge in [-0.15, -0.1) is 0 Å². The molecule has 0 atom stereocenters. The molecule has 0 saturated carbocycles. The molecule has 0 spiro atoms. The van der Waals surface area contributed by atoms with Crippen molar-refractivity contribution >= 4 is 5.97 Å². The molecular weight excluding hydrogens is 252 g/mol. The lowest BCUT2D eigenvalue weighted by atomic mass is 10.0. The molecule has 0 aliphatic carbocycles. The molecule has 0 radical (unpaired) electrons. The van der Waals surface area contributed by atoms with Crippen LogP contribution in [0.25, 0.3) is 0 Å². The zero-order chi connectivity index (χ0) is 14.7. The molecule has 0 aliphatic heterocycles. The van der Waals surface area contributed by atoms with Crippen molar-refractivity contribution in [1.82, 2.24) is 0 Å². The zero-order valence-electron chi connectivity index (χ0n) is 11.9. The molecule has 0 aromatic heterocycles. The lowest BCUT2D eigenvalue weighted by Gasteiger charge is -2.12. The highest BCUT2D eigenvalue weighted by Gasteiger charge is 2.14. The fourth-order valence-corrected chi connectivity index (χ4v) is 1.99. The van der Waals surface area contributed by atoms with Crippen molar-refractivity contribution in [1.29, 1.82) is 0 Å². The maximum Gasteiger partial charge on any atom is 0.339 e. The summed E-state index contributed by atoms with van der Waals surface area (Å²) in [6, 6.07) is 12.8. The molecule has 104 valence electrons. The SMILES string of the molecule is Cc1cccc(C(=O)O)c1Oc1ccc(C(C)C)cc1. The number of aryl methyl sites for hydroxylation is 1. The molecule has 2 aromatic rings. The molecule has 1 N–H and O–H groups in total. The van der Waals surface area contributed by atoms with E-state index in [1.54, 1.807) is 12.1 Å². The first-order chi connectivity index (χ1) is 9.49. The van der Waals surface area contributed by atoms with E-state index in [9.17, 15) is 9.90 Å². The first-order valence-electron chi connectivity index (χ1n) is 6.59. The van der Waals surface area contributed by atoms with Crippen LogP contribution in [0, 0.1) is 6.92 Å². The lowest BCUT2D eigenvalue weighted by Crippen LogP contribution is -2.01. The largest absolute Gasteiger partial charge is 0.478 e. The number of rotatable bonds is 4. The van der Waals surface area contributed by atoms with Gasteiger partial charge in [-0.1, -0.05) is 38.1 Å². The summed E-state index contributed by atoms with van der Waals surface area (Å²) in [5, 5.41) is 9.21. The highest BCUT2D eigenvalue weighted by atomic mass is 16.5. The number of hydrogen-bond acceptors (Lipinski definition) is 2. The quantitative estimate of drug-likeness (QED) is 0.882. The van der Waals surface area contributed by atoms with Gasteiger partial charge in [0, 0.05) is 0 Å². The maximum absolute atomic E-state index is 11.2. The number of benzene rings is 2. The monoisotopic (exact) mass is 270 g/mol. The van der Waals surface area contributed by atoms with E-state index in [1.807, 2.05) is 37.3 Å². The van der Waals surface area contributed by atoms with Crippen LogP contribution in [-0.4, -0.2) is 11.1 Å². The van der Waals surface area contributed by atoms with E-state index in [0.29, 0.717) is 17.4 Å². The zero-order valence-corrected chi connectivity index (χ0v) is 11.9. The summed E-state index contributed by atoms with van der Waals surface area (Å²) < 4.78 is 5.76. The number of para-hydroxylation sites is 1. The van der Waals surface area contributed by atoms with E-state index in [1.165, 1.54) is 5.56 Å². The van der Waals surface area contributed by atoms with Crippen LogP contribution in [0.3, 0.4) is 0 Å². The third-order valence-corrected chi connectivity index (χ3v) is 3.21. The first kappa shape index (κ1) is 14.1. The Morgan fingerprint density at radius 2 is 1.75 bits per heavy atom. The normalized spacial score (nSPS) is 10.6. The van der Waals surface area contributed by atoms with Crippen molar-refractivity contribution in [3.05, 3.63) is 59.2 Å². The minimum atomic E-state index is -0.984. The molecule has 0 heterocycles. The van der Waals surface area contributed by atoms with E-state index in [2.05, 4.69) is 13.8 Å². The van der Waals surface area contributed by atoms with Crippen molar-refractivity contribution < 1.29 is 14.6 Å². The van der Waals surface area contributed by atoms with Crippen LogP contribution < -0.4 is 4.74 Å². The van der Waals surface area contributed by atoms with Crippen molar-refractivity contribution in [3.63, 3.8) is 0 Å². The van der Waals surface area contributed by atoms with E-state index in [0.717, 1.165) is 5.56 Å². The van der Waals surface area contributed by atoms with E-state index >= 15 is 0 Å². The summed E-state index contributed by atoms with van der Waals surface area (Å²) in [5.41, 5.74) is 2.20. The van der Waals surface area contributed by atoms with Crippen LogP contribution in [0.5, 0.6) is 11.5 Å².